The summed E-state index contributed by atoms with van der Waals surface area (Å²) in [5.41, 5.74) is 0.755. The van der Waals surface area contributed by atoms with Crippen molar-refractivity contribution in [2.24, 2.45) is 0 Å². The largest absolute Gasteiger partial charge is 0.382 e. The molecule has 2 heterocycles. The molecule has 0 radical (unpaired) electrons. The van der Waals surface area contributed by atoms with E-state index in [1.165, 1.54) is 0 Å². The summed E-state index contributed by atoms with van der Waals surface area (Å²) in [7, 11) is 1.63. The summed E-state index contributed by atoms with van der Waals surface area (Å²) in [5.74, 6) is -0.0846. The number of methoxy groups -OCH3 is 1. The zero-order valence-electron chi connectivity index (χ0n) is 14.1. The molecule has 24 heavy (non-hydrogen) atoms. The highest BCUT2D eigenvalue weighted by Crippen LogP contribution is 2.27. The topological polar surface area (TPSA) is 51.7 Å². The van der Waals surface area contributed by atoms with Crippen molar-refractivity contribution in [2.75, 3.05) is 26.8 Å². The van der Waals surface area contributed by atoms with Crippen LogP contribution in [0.5, 0.6) is 0 Å². The zero-order chi connectivity index (χ0) is 17.3. The van der Waals surface area contributed by atoms with Crippen LogP contribution in [0.25, 0.3) is 10.9 Å². The van der Waals surface area contributed by atoms with Gasteiger partial charge >= 0.3 is 0 Å². The second-order valence-electron chi connectivity index (χ2n) is 6.67. The van der Waals surface area contributed by atoms with E-state index in [1.54, 1.807) is 24.3 Å². The van der Waals surface area contributed by atoms with E-state index in [-0.39, 0.29) is 12.0 Å². The predicted octanol–water partition coefficient (Wildman–Crippen LogP) is 3.15. The van der Waals surface area contributed by atoms with Crippen LogP contribution in [0, 0.1) is 0 Å². The minimum Gasteiger partial charge on any atom is -0.382 e. The molecule has 1 aromatic heterocycles. The lowest BCUT2D eigenvalue weighted by Crippen LogP contribution is -2.55. The summed E-state index contributed by atoms with van der Waals surface area (Å²) in [6.07, 6.45) is 1.53. The summed E-state index contributed by atoms with van der Waals surface area (Å²) in [6, 6.07) is 7.24. The molecule has 1 atom stereocenters. The first-order valence-corrected chi connectivity index (χ1v) is 8.28. The molecule has 128 valence electrons. The van der Waals surface area contributed by atoms with Gasteiger partial charge in [-0.2, -0.15) is 0 Å². The van der Waals surface area contributed by atoms with Crippen molar-refractivity contribution in [3.63, 3.8) is 0 Å². The summed E-state index contributed by atoms with van der Waals surface area (Å²) in [4.78, 5) is 19.3. The number of nitrogens with zero attached hydrogens (tertiary/aromatic N) is 2. The van der Waals surface area contributed by atoms with E-state index >= 15 is 0 Å². The number of ether oxygens (including phenoxy) is 2. The minimum atomic E-state index is -0.432. The second kappa shape index (κ2) is 6.67. The Labute approximate surface area is 146 Å². The average molecular weight is 349 g/mol. The minimum absolute atomic E-state index is 0.0846. The van der Waals surface area contributed by atoms with Gasteiger partial charge in [-0.15, -0.1) is 0 Å². The fourth-order valence-corrected chi connectivity index (χ4v) is 3.44. The number of carbonyl (C=O) groups excluding carboxylic acids is 1. The Morgan fingerprint density at radius 2 is 2.29 bits per heavy atom. The maximum atomic E-state index is 13.1. The molecule has 1 saturated heterocycles. The lowest BCUT2D eigenvalue weighted by Gasteiger charge is -2.42. The van der Waals surface area contributed by atoms with Gasteiger partial charge < -0.3 is 14.4 Å². The molecule has 6 heteroatoms. The van der Waals surface area contributed by atoms with Crippen LogP contribution in [0.2, 0.25) is 5.02 Å². The molecule has 5 nitrogen and oxygen atoms in total. The zero-order valence-corrected chi connectivity index (χ0v) is 14.8. The molecule has 0 spiro atoms. The molecule has 1 aromatic carbocycles. The van der Waals surface area contributed by atoms with Crippen molar-refractivity contribution in [3.8, 4) is 0 Å². The van der Waals surface area contributed by atoms with Gasteiger partial charge in [0.25, 0.3) is 5.91 Å². The molecule has 2 aromatic rings. The number of halogens is 1. The van der Waals surface area contributed by atoms with E-state index in [4.69, 9.17) is 21.1 Å². The Morgan fingerprint density at radius 1 is 1.50 bits per heavy atom. The molecule has 3 rings (SSSR count). The van der Waals surface area contributed by atoms with Crippen molar-refractivity contribution in [1.82, 2.24) is 9.88 Å². The van der Waals surface area contributed by atoms with Gasteiger partial charge in [-0.25, -0.2) is 0 Å². The fraction of sp³-hybridized carbons (Fsp3) is 0.444. The van der Waals surface area contributed by atoms with Crippen LogP contribution in [-0.2, 0) is 9.47 Å². The summed E-state index contributed by atoms with van der Waals surface area (Å²) in [5, 5.41) is 1.38. The second-order valence-corrected chi connectivity index (χ2v) is 7.11. The monoisotopic (exact) mass is 348 g/mol. The number of carbonyl (C=O) groups is 1. The van der Waals surface area contributed by atoms with Crippen LogP contribution in [-0.4, -0.2) is 54.3 Å². The number of hydrogen-bond acceptors (Lipinski definition) is 4. The highest BCUT2D eigenvalue weighted by molar-refractivity contribution is 6.32. The Bertz CT molecular complexity index is 763. The molecule has 1 fully saturated rings. The van der Waals surface area contributed by atoms with E-state index in [1.807, 2.05) is 32.0 Å². The third kappa shape index (κ3) is 3.53. The van der Waals surface area contributed by atoms with Gasteiger partial charge in [-0.1, -0.05) is 17.7 Å². The van der Waals surface area contributed by atoms with Crippen molar-refractivity contribution in [1.29, 1.82) is 0 Å². The molecule has 0 saturated carbocycles. The average Bonchev–Trinajstić information content (AvgIpc) is 2.52. The number of morpholine rings is 1. The van der Waals surface area contributed by atoms with Crippen molar-refractivity contribution < 1.29 is 14.3 Å². The quantitative estimate of drug-likeness (QED) is 0.855. The van der Waals surface area contributed by atoms with Gasteiger partial charge in [0.05, 0.1) is 29.4 Å². The summed E-state index contributed by atoms with van der Waals surface area (Å²) >= 11 is 6.20. The third-order valence-corrected chi connectivity index (χ3v) is 4.24. The smallest absolute Gasteiger partial charge is 0.256 e. The Morgan fingerprint density at radius 3 is 3.04 bits per heavy atom. The van der Waals surface area contributed by atoms with E-state index in [2.05, 4.69) is 4.98 Å². The van der Waals surface area contributed by atoms with Crippen LogP contribution in [0.3, 0.4) is 0 Å². The molecule has 0 bridgehead atoms. The van der Waals surface area contributed by atoms with Crippen LogP contribution >= 0.6 is 11.6 Å². The maximum absolute atomic E-state index is 13.1. The van der Waals surface area contributed by atoms with Gasteiger partial charge in [0.1, 0.15) is 0 Å². The van der Waals surface area contributed by atoms with Crippen molar-refractivity contribution >= 4 is 28.4 Å². The Balaban J connectivity index is 1.96. The predicted molar refractivity (Wildman–Crippen MR) is 93.5 cm³/mol. The molecule has 0 N–H and O–H groups in total. The van der Waals surface area contributed by atoms with E-state index in [0.717, 1.165) is 5.39 Å². The molecule has 1 amide bonds. The summed E-state index contributed by atoms with van der Waals surface area (Å²) in [6.45, 7) is 5.39. The molecule has 1 aliphatic rings. The number of hydrogen-bond donors (Lipinski definition) is 0. The molecule has 0 unspecified atom stereocenters. The molecule has 1 aliphatic heterocycles. The number of fused-ring (bicyclic) bond motifs is 1. The lowest BCUT2D eigenvalue weighted by molar-refractivity contribution is -0.143. The van der Waals surface area contributed by atoms with Gasteiger partial charge in [0.15, 0.2) is 0 Å². The van der Waals surface area contributed by atoms with Crippen LogP contribution < -0.4 is 0 Å². The molecular formula is C18H21ClN2O3. The van der Waals surface area contributed by atoms with Crippen molar-refractivity contribution in [3.05, 3.63) is 41.0 Å². The van der Waals surface area contributed by atoms with Crippen LogP contribution in [0.4, 0.5) is 0 Å². The number of amides is 1. The van der Waals surface area contributed by atoms with Crippen LogP contribution in [0.1, 0.15) is 24.2 Å². The highest BCUT2D eigenvalue weighted by atomic mass is 35.5. The standard InChI is InChI=1S/C18H21ClN2O3/c1-18(2)11-21(9-14(24-18)10-23-3)17(22)15-8-13(19)7-12-5-4-6-20-16(12)15/h4-8,14H,9-11H2,1-3H3/t14-/m1/s1. The molecule has 0 aliphatic carbocycles. The Kier molecular flexibility index (Phi) is 4.76. The van der Waals surface area contributed by atoms with Crippen molar-refractivity contribution in [2.45, 2.75) is 25.6 Å². The normalized spacial score (nSPS) is 20.3. The molecular weight excluding hydrogens is 328 g/mol. The van der Waals surface area contributed by atoms with Gasteiger partial charge in [-0.3, -0.25) is 9.78 Å². The van der Waals surface area contributed by atoms with E-state index < -0.39 is 5.60 Å². The van der Waals surface area contributed by atoms with Gasteiger partial charge in [0.2, 0.25) is 0 Å². The summed E-state index contributed by atoms with van der Waals surface area (Å²) < 4.78 is 11.2. The number of pyridine rings is 1. The van der Waals surface area contributed by atoms with E-state index in [0.29, 0.717) is 35.8 Å². The van der Waals surface area contributed by atoms with Gasteiger partial charge in [-0.05, 0) is 32.0 Å². The van der Waals surface area contributed by atoms with E-state index in [9.17, 15) is 4.79 Å². The highest BCUT2D eigenvalue weighted by Gasteiger charge is 2.36. The maximum Gasteiger partial charge on any atom is 0.256 e. The first kappa shape index (κ1) is 17.1. The lowest BCUT2D eigenvalue weighted by atomic mass is 10.0. The third-order valence-electron chi connectivity index (χ3n) is 4.02. The first-order valence-electron chi connectivity index (χ1n) is 7.90. The Hall–Kier alpha value is -1.69. The number of aromatic nitrogens is 1. The fourth-order valence-electron chi connectivity index (χ4n) is 3.21. The SMILES string of the molecule is COC[C@H]1CN(C(=O)c2cc(Cl)cc3cccnc23)CC(C)(C)O1. The van der Waals surface area contributed by atoms with Gasteiger partial charge in [0, 0.05) is 36.8 Å². The van der Waals surface area contributed by atoms with Crippen LogP contribution in [0.15, 0.2) is 30.5 Å². The number of benzene rings is 1. The number of rotatable bonds is 3. The first-order chi connectivity index (χ1) is 11.4.